The Hall–Kier alpha value is -2.12. The molecule has 0 saturated carbocycles. The number of rotatable bonds is 3. The van der Waals surface area contributed by atoms with Crippen LogP contribution in [0.3, 0.4) is 0 Å². The Morgan fingerprint density at radius 2 is 2.26 bits per heavy atom. The van der Waals surface area contributed by atoms with E-state index in [1.807, 2.05) is 18.2 Å². The molecule has 0 spiro atoms. The summed E-state index contributed by atoms with van der Waals surface area (Å²) < 4.78 is 10.8. The number of piperazine rings is 1. The lowest BCUT2D eigenvalue weighted by Gasteiger charge is -2.25. The predicted molar refractivity (Wildman–Crippen MR) is 84.5 cm³/mol. The van der Waals surface area contributed by atoms with Gasteiger partial charge in [0.2, 0.25) is 17.6 Å². The molecule has 0 radical (unpaired) electrons. The Morgan fingerprint density at radius 1 is 1.35 bits per heavy atom. The lowest BCUT2D eigenvalue weighted by molar-refractivity contribution is -0.132. The van der Waals surface area contributed by atoms with Crippen molar-refractivity contribution >= 4 is 18.3 Å². The summed E-state index contributed by atoms with van der Waals surface area (Å²) in [5, 5.41) is 7.06. The molecule has 0 bridgehead atoms. The van der Waals surface area contributed by atoms with Gasteiger partial charge in [-0.25, -0.2) is 0 Å². The number of aromatic nitrogens is 2. The van der Waals surface area contributed by atoms with Gasteiger partial charge in [0.05, 0.1) is 13.2 Å². The molecule has 1 aromatic heterocycles. The molecule has 1 fully saturated rings. The molecule has 2 aliphatic rings. The maximum Gasteiger partial charge on any atom is 0.246 e. The van der Waals surface area contributed by atoms with E-state index in [1.54, 1.807) is 4.90 Å². The molecule has 122 valence electrons. The Morgan fingerprint density at radius 3 is 3.13 bits per heavy atom. The minimum Gasteiger partial charge on any atom is -0.493 e. The minimum absolute atomic E-state index is 0. The van der Waals surface area contributed by atoms with E-state index >= 15 is 0 Å². The van der Waals surface area contributed by atoms with Crippen molar-refractivity contribution < 1.29 is 14.1 Å². The predicted octanol–water partition coefficient (Wildman–Crippen LogP) is 1.03. The number of halogens is 1. The summed E-state index contributed by atoms with van der Waals surface area (Å²) in [5.41, 5.74) is 2.08. The summed E-state index contributed by atoms with van der Waals surface area (Å²) in [6, 6.07) is 5.90. The Balaban J connectivity index is 0.00000156. The molecule has 1 N–H and O–H groups in total. The van der Waals surface area contributed by atoms with Crippen LogP contribution in [0.1, 0.15) is 11.5 Å². The van der Waals surface area contributed by atoms with Crippen molar-refractivity contribution in [1.82, 2.24) is 20.4 Å². The van der Waals surface area contributed by atoms with Crippen LogP contribution in [0.25, 0.3) is 11.4 Å². The molecule has 1 amide bonds. The summed E-state index contributed by atoms with van der Waals surface area (Å²) in [7, 11) is 0. The molecule has 0 unspecified atom stereocenters. The second-order valence-corrected chi connectivity index (χ2v) is 5.42. The van der Waals surface area contributed by atoms with Gasteiger partial charge in [0, 0.05) is 25.1 Å². The maximum absolute atomic E-state index is 11.8. The quantitative estimate of drug-likeness (QED) is 0.901. The van der Waals surface area contributed by atoms with Crippen LogP contribution in [0.15, 0.2) is 22.7 Å². The average molecular weight is 337 g/mol. The van der Waals surface area contributed by atoms with Gasteiger partial charge >= 0.3 is 0 Å². The Labute approximate surface area is 139 Å². The summed E-state index contributed by atoms with van der Waals surface area (Å²) in [4.78, 5) is 17.9. The van der Waals surface area contributed by atoms with Crippen LogP contribution in [0.2, 0.25) is 0 Å². The number of hydrogen-bond acceptors (Lipinski definition) is 6. The van der Waals surface area contributed by atoms with Gasteiger partial charge in [-0.1, -0.05) is 5.16 Å². The number of carbonyl (C=O) groups is 1. The number of fused-ring (bicyclic) bond motifs is 1. The van der Waals surface area contributed by atoms with Crippen molar-refractivity contribution in [3.8, 4) is 17.1 Å². The molecule has 0 atom stereocenters. The molecule has 1 aromatic carbocycles. The highest BCUT2D eigenvalue weighted by atomic mass is 35.5. The summed E-state index contributed by atoms with van der Waals surface area (Å²) in [6.45, 7) is 2.90. The summed E-state index contributed by atoms with van der Waals surface area (Å²) in [5.74, 6) is 1.99. The van der Waals surface area contributed by atoms with Crippen LogP contribution in [0, 0.1) is 0 Å². The van der Waals surface area contributed by atoms with Crippen molar-refractivity contribution in [1.29, 1.82) is 0 Å². The molecule has 0 aliphatic carbocycles. The highest BCUT2D eigenvalue weighted by molar-refractivity contribution is 5.85. The fourth-order valence-corrected chi connectivity index (χ4v) is 2.74. The number of nitrogens with zero attached hydrogens (tertiary/aromatic N) is 3. The molecule has 2 aromatic rings. The maximum atomic E-state index is 11.8. The Bertz CT molecular complexity index is 718. The number of benzene rings is 1. The molecule has 1 saturated heterocycles. The molecular formula is C15H17ClN4O3. The normalized spacial score (nSPS) is 16.7. The Kier molecular flexibility index (Phi) is 4.49. The van der Waals surface area contributed by atoms with Crippen LogP contribution in [0.4, 0.5) is 0 Å². The standard InChI is InChI=1S/C15H16N4O3.ClH/c20-14-8-16-4-5-19(14)9-13-17-15(18-22-13)11-1-2-12-10(7-11)3-6-21-12;/h1-2,7,16H,3-6,8-9H2;1H. The minimum atomic E-state index is 0. The van der Waals surface area contributed by atoms with Crippen molar-refractivity contribution in [2.45, 2.75) is 13.0 Å². The number of hydrogen-bond donors (Lipinski definition) is 1. The molecule has 7 nitrogen and oxygen atoms in total. The first-order chi connectivity index (χ1) is 10.8. The van der Waals surface area contributed by atoms with Gasteiger partial charge in [0.1, 0.15) is 12.3 Å². The molecule has 8 heteroatoms. The smallest absolute Gasteiger partial charge is 0.246 e. The van der Waals surface area contributed by atoms with Crippen molar-refractivity contribution in [3.63, 3.8) is 0 Å². The first-order valence-corrected chi connectivity index (χ1v) is 7.37. The third-order valence-corrected chi connectivity index (χ3v) is 3.93. The average Bonchev–Trinajstić information content (AvgIpc) is 3.17. The third kappa shape index (κ3) is 3.16. The topological polar surface area (TPSA) is 80.5 Å². The number of ether oxygens (including phenoxy) is 1. The first-order valence-electron chi connectivity index (χ1n) is 7.37. The fourth-order valence-electron chi connectivity index (χ4n) is 2.74. The van der Waals surface area contributed by atoms with Crippen LogP contribution in [0.5, 0.6) is 5.75 Å². The van der Waals surface area contributed by atoms with E-state index in [0.717, 1.165) is 30.9 Å². The first kappa shape index (κ1) is 15.8. The second kappa shape index (κ2) is 6.55. The highest BCUT2D eigenvalue weighted by Crippen LogP contribution is 2.29. The summed E-state index contributed by atoms with van der Waals surface area (Å²) in [6.07, 6.45) is 0.906. The lowest BCUT2D eigenvalue weighted by Crippen LogP contribution is -2.47. The van der Waals surface area contributed by atoms with E-state index in [1.165, 1.54) is 5.56 Å². The van der Waals surface area contributed by atoms with Crippen molar-refractivity contribution in [2.75, 3.05) is 26.2 Å². The number of nitrogens with one attached hydrogen (secondary N) is 1. The number of amides is 1. The van der Waals surface area contributed by atoms with E-state index in [9.17, 15) is 4.79 Å². The molecule has 23 heavy (non-hydrogen) atoms. The lowest BCUT2D eigenvalue weighted by atomic mass is 10.1. The van der Waals surface area contributed by atoms with E-state index in [-0.39, 0.29) is 18.3 Å². The molecule has 4 rings (SSSR count). The van der Waals surface area contributed by atoms with E-state index in [2.05, 4.69) is 15.5 Å². The van der Waals surface area contributed by atoms with Crippen LogP contribution >= 0.6 is 12.4 Å². The zero-order valence-electron chi connectivity index (χ0n) is 12.4. The van der Waals surface area contributed by atoms with Crippen LogP contribution in [-0.2, 0) is 17.8 Å². The van der Waals surface area contributed by atoms with Gasteiger partial charge in [-0.15, -0.1) is 12.4 Å². The monoisotopic (exact) mass is 336 g/mol. The zero-order valence-corrected chi connectivity index (χ0v) is 13.3. The second-order valence-electron chi connectivity index (χ2n) is 5.42. The summed E-state index contributed by atoms with van der Waals surface area (Å²) >= 11 is 0. The van der Waals surface area contributed by atoms with E-state index in [0.29, 0.717) is 31.3 Å². The fraction of sp³-hybridized carbons (Fsp3) is 0.400. The van der Waals surface area contributed by atoms with E-state index < -0.39 is 0 Å². The third-order valence-electron chi connectivity index (χ3n) is 3.93. The van der Waals surface area contributed by atoms with Crippen molar-refractivity contribution in [2.24, 2.45) is 0 Å². The zero-order chi connectivity index (χ0) is 14.9. The van der Waals surface area contributed by atoms with Crippen molar-refractivity contribution in [3.05, 3.63) is 29.7 Å². The van der Waals surface area contributed by atoms with Gasteiger partial charge in [-0.05, 0) is 23.8 Å². The van der Waals surface area contributed by atoms with E-state index in [4.69, 9.17) is 9.26 Å². The highest BCUT2D eigenvalue weighted by Gasteiger charge is 2.21. The largest absolute Gasteiger partial charge is 0.493 e. The van der Waals surface area contributed by atoms with Gasteiger partial charge in [-0.2, -0.15) is 4.98 Å². The van der Waals surface area contributed by atoms with Gasteiger partial charge < -0.3 is 19.5 Å². The van der Waals surface area contributed by atoms with Crippen LogP contribution in [-0.4, -0.2) is 47.2 Å². The molecule has 2 aliphatic heterocycles. The SMILES string of the molecule is Cl.O=C1CNCCN1Cc1nc(-c2ccc3c(c2)CCO3)no1. The molecular weight excluding hydrogens is 320 g/mol. The van der Waals surface area contributed by atoms with Gasteiger partial charge in [0.15, 0.2) is 0 Å². The van der Waals surface area contributed by atoms with Gasteiger partial charge in [-0.3, -0.25) is 4.79 Å². The molecule has 3 heterocycles. The number of carbonyl (C=O) groups excluding carboxylic acids is 1. The van der Waals surface area contributed by atoms with Crippen LogP contribution < -0.4 is 10.1 Å². The van der Waals surface area contributed by atoms with Gasteiger partial charge in [0.25, 0.3) is 0 Å².